The van der Waals surface area contributed by atoms with E-state index < -0.39 is 0 Å². The van der Waals surface area contributed by atoms with Crippen LogP contribution < -0.4 is 16.4 Å². The van der Waals surface area contributed by atoms with Gasteiger partial charge >= 0.3 is 0 Å². The highest BCUT2D eigenvalue weighted by atomic mass is 32.1. The maximum Gasteiger partial charge on any atom is 0.265 e. The van der Waals surface area contributed by atoms with Gasteiger partial charge in [0, 0.05) is 13.1 Å². The molecule has 16 heavy (non-hydrogen) atoms. The molecular weight excluding hydrogens is 224 g/mol. The number of nitrogens with one attached hydrogen (secondary N) is 2. The van der Waals surface area contributed by atoms with Gasteiger partial charge in [-0.3, -0.25) is 4.79 Å². The molecule has 0 fully saturated rings. The smallest absolute Gasteiger partial charge is 0.265 e. The number of nitrogens with zero attached hydrogens (tertiary/aromatic N) is 1. The molecule has 1 aromatic heterocycles. The van der Waals surface area contributed by atoms with E-state index in [4.69, 9.17) is 5.73 Å². The first kappa shape index (κ1) is 12.8. The van der Waals surface area contributed by atoms with Crippen LogP contribution >= 0.6 is 11.3 Å². The maximum atomic E-state index is 11.7. The monoisotopic (exact) mass is 242 g/mol. The molecule has 1 rings (SSSR count). The minimum absolute atomic E-state index is 0.146. The second kappa shape index (κ2) is 5.69. The molecule has 0 saturated heterocycles. The SMILES string of the molecule is CCNc1nc(N)c(C(=O)NCC(C)C)s1. The van der Waals surface area contributed by atoms with Crippen LogP contribution in [0.4, 0.5) is 10.9 Å². The van der Waals surface area contributed by atoms with E-state index in [0.717, 1.165) is 6.54 Å². The van der Waals surface area contributed by atoms with E-state index in [1.807, 2.05) is 20.8 Å². The van der Waals surface area contributed by atoms with Crippen LogP contribution in [0, 0.1) is 5.92 Å². The third kappa shape index (κ3) is 3.37. The zero-order chi connectivity index (χ0) is 12.1. The van der Waals surface area contributed by atoms with Crippen molar-refractivity contribution in [3.63, 3.8) is 0 Å². The molecule has 0 aliphatic carbocycles. The average Bonchev–Trinajstić information content (AvgIpc) is 2.56. The minimum Gasteiger partial charge on any atom is -0.382 e. The lowest BCUT2D eigenvalue weighted by Crippen LogP contribution is -2.27. The lowest BCUT2D eigenvalue weighted by molar-refractivity contribution is 0.0953. The van der Waals surface area contributed by atoms with Gasteiger partial charge in [0.25, 0.3) is 5.91 Å². The number of hydrogen-bond acceptors (Lipinski definition) is 5. The van der Waals surface area contributed by atoms with Crippen LogP contribution in [0.3, 0.4) is 0 Å². The second-order valence-corrected chi connectivity index (χ2v) is 4.87. The van der Waals surface area contributed by atoms with Crippen LogP contribution in [0.2, 0.25) is 0 Å². The van der Waals surface area contributed by atoms with Gasteiger partial charge in [-0.25, -0.2) is 4.98 Å². The fourth-order valence-electron chi connectivity index (χ4n) is 1.10. The van der Waals surface area contributed by atoms with Crippen molar-refractivity contribution in [2.45, 2.75) is 20.8 Å². The molecule has 0 radical (unpaired) electrons. The lowest BCUT2D eigenvalue weighted by Gasteiger charge is -2.05. The van der Waals surface area contributed by atoms with Crippen LogP contribution in [0.15, 0.2) is 0 Å². The van der Waals surface area contributed by atoms with E-state index in [2.05, 4.69) is 15.6 Å². The summed E-state index contributed by atoms with van der Waals surface area (Å²) in [5, 5.41) is 6.54. The Labute approximate surface area is 99.4 Å². The second-order valence-electron chi connectivity index (χ2n) is 3.87. The van der Waals surface area contributed by atoms with Crippen molar-refractivity contribution in [2.75, 3.05) is 24.1 Å². The molecule has 0 aliphatic heterocycles. The van der Waals surface area contributed by atoms with E-state index in [-0.39, 0.29) is 5.91 Å². The summed E-state index contributed by atoms with van der Waals surface area (Å²) in [5.74, 6) is 0.571. The summed E-state index contributed by atoms with van der Waals surface area (Å²) in [6.07, 6.45) is 0. The highest BCUT2D eigenvalue weighted by Crippen LogP contribution is 2.24. The summed E-state index contributed by atoms with van der Waals surface area (Å²) >= 11 is 1.28. The number of amides is 1. The first-order valence-electron chi connectivity index (χ1n) is 5.33. The van der Waals surface area contributed by atoms with Gasteiger partial charge in [-0.05, 0) is 12.8 Å². The number of carbonyl (C=O) groups is 1. The number of carbonyl (C=O) groups excluding carboxylic acids is 1. The maximum absolute atomic E-state index is 11.7. The summed E-state index contributed by atoms with van der Waals surface area (Å²) in [6.45, 7) is 7.46. The number of nitrogen functional groups attached to an aromatic ring is 1. The molecule has 1 heterocycles. The number of rotatable bonds is 5. The van der Waals surface area contributed by atoms with Crippen molar-refractivity contribution < 1.29 is 4.79 Å². The van der Waals surface area contributed by atoms with Gasteiger partial charge in [0.05, 0.1) is 0 Å². The summed E-state index contributed by atoms with van der Waals surface area (Å²) in [7, 11) is 0. The third-order valence-electron chi connectivity index (χ3n) is 1.86. The van der Waals surface area contributed by atoms with Gasteiger partial charge in [-0.1, -0.05) is 25.2 Å². The standard InChI is InChI=1S/C10H18N4OS/c1-4-12-10-14-8(11)7(16-10)9(15)13-5-6(2)3/h6H,4-5,11H2,1-3H3,(H,12,14)(H,13,15). The highest BCUT2D eigenvalue weighted by Gasteiger charge is 2.15. The first-order chi connectivity index (χ1) is 7.54. The van der Waals surface area contributed by atoms with Crippen LogP contribution in [0.1, 0.15) is 30.4 Å². The van der Waals surface area contributed by atoms with Crippen molar-refractivity contribution in [1.82, 2.24) is 10.3 Å². The normalized spacial score (nSPS) is 10.5. The molecular formula is C10H18N4OS. The Morgan fingerprint density at radius 3 is 2.81 bits per heavy atom. The molecule has 0 atom stereocenters. The predicted molar refractivity (Wildman–Crippen MR) is 67.9 cm³/mol. The summed E-state index contributed by atoms with van der Waals surface area (Å²) in [6, 6.07) is 0. The number of anilines is 2. The molecule has 1 aromatic rings. The fraction of sp³-hybridized carbons (Fsp3) is 0.600. The van der Waals surface area contributed by atoms with Crippen LogP contribution in [0.5, 0.6) is 0 Å². The zero-order valence-electron chi connectivity index (χ0n) is 9.83. The summed E-state index contributed by atoms with van der Waals surface area (Å²) in [4.78, 5) is 16.3. The molecule has 1 amide bonds. The Balaban J connectivity index is 2.67. The molecule has 0 aliphatic rings. The van der Waals surface area contributed by atoms with Crippen molar-refractivity contribution in [2.24, 2.45) is 5.92 Å². The number of aromatic nitrogens is 1. The molecule has 0 aromatic carbocycles. The van der Waals surface area contributed by atoms with Gasteiger partial charge in [0.2, 0.25) is 0 Å². The highest BCUT2D eigenvalue weighted by molar-refractivity contribution is 7.18. The van der Waals surface area contributed by atoms with E-state index in [0.29, 0.717) is 28.3 Å². The van der Waals surface area contributed by atoms with E-state index >= 15 is 0 Å². The van der Waals surface area contributed by atoms with Crippen molar-refractivity contribution >= 4 is 28.2 Å². The fourth-order valence-corrected chi connectivity index (χ4v) is 1.97. The Morgan fingerprint density at radius 1 is 1.56 bits per heavy atom. The number of hydrogen-bond donors (Lipinski definition) is 3. The largest absolute Gasteiger partial charge is 0.382 e. The van der Waals surface area contributed by atoms with Gasteiger partial charge in [-0.15, -0.1) is 0 Å². The first-order valence-corrected chi connectivity index (χ1v) is 6.14. The molecule has 0 bridgehead atoms. The summed E-state index contributed by atoms with van der Waals surface area (Å²) < 4.78 is 0. The van der Waals surface area contributed by atoms with Crippen LogP contribution in [-0.2, 0) is 0 Å². The van der Waals surface area contributed by atoms with Gasteiger partial charge < -0.3 is 16.4 Å². The quantitative estimate of drug-likeness (QED) is 0.731. The number of nitrogens with two attached hydrogens (primary N) is 1. The van der Waals surface area contributed by atoms with Crippen LogP contribution in [0.25, 0.3) is 0 Å². The molecule has 6 heteroatoms. The Bertz CT molecular complexity index is 362. The van der Waals surface area contributed by atoms with Gasteiger partial charge in [0.1, 0.15) is 10.7 Å². The molecule has 0 unspecified atom stereocenters. The van der Waals surface area contributed by atoms with E-state index in [1.165, 1.54) is 11.3 Å². The van der Waals surface area contributed by atoms with Gasteiger partial charge in [-0.2, -0.15) is 0 Å². The average molecular weight is 242 g/mol. The molecule has 0 spiro atoms. The molecule has 0 saturated carbocycles. The third-order valence-corrected chi connectivity index (χ3v) is 2.89. The van der Waals surface area contributed by atoms with Gasteiger partial charge in [0.15, 0.2) is 5.13 Å². The topological polar surface area (TPSA) is 80.0 Å². The van der Waals surface area contributed by atoms with Crippen molar-refractivity contribution in [3.8, 4) is 0 Å². The van der Waals surface area contributed by atoms with E-state index in [9.17, 15) is 4.79 Å². The Morgan fingerprint density at radius 2 is 2.25 bits per heavy atom. The lowest BCUT2D eigenvalue weighted by atomic mass is 10.2. The Hall–Kier alpha value is -1.30. The molecule has 90 valence electrons. The molecule has 4 N–H and O–H groups in total. The minimum atomic E-state index is -0.146. The Kier molecular flexibility index (Phi) is 4.54. The molecule has 5 nitrogen and oxygen atoms in total. The van der Waals surface area contributed by atoms with E-state index in [1.54, 1.807) is 0 Å². The zero-order valence-corrected chi connectivity index (χ0v) is 10.6. The number of thiazole rings is 1. The summed E-state index contributed by atoms with van der Waals surface area (Å²) in [5.41, 5.74) is 5.68. The van der Waals surface area contributed by atoms with Crippen molar-refractivity contribution in [1.29, 1.82) is 0 Å². The van der Waals surface area contributed by atoms with Crippen molar-refractivity contribution in [3.05, 3.63) is 4.88 Å². The van der Waals surface area contributed by atoms with Crippen LogP contribution in [-0.4, -0.2) is 24.0 Å². The predicted octanol–water partition coefficient (Wildman–Crippen LogP) is 1.54.